The quantitative estimate of drug-likeness (QED) is 0.536. The normalized spacial score (nSPS) is 10.3. The molecule has 2 rings (SSSR count). The molecule has 0 saturated carbocycles. The number of nitrogen functional groups attached to an aromatic ring is 1. The maximum Gasteiger partial charge on any atom is 0.304 e. The molecule has 2 aromatic rings. The van der Waals surface area contributed by atoms with E-state index in [0.29, 0.717) is 17.1 Å². The molecular weight excluding hydrogens is 312 g/mol. The molecule has 23 heavy (non-hydrogen) atoms. The van der Waals surface area contributed by atoms with Crippen LogP contribution in [0.5, 0.6) is 0 Å². The van der Waals surface area contributed by atoms with Crippen molar-refractivity contribution in [2.45, 2.75) is 6.42 Å². The molecule has 0 bridgehead atoms. The topological polar surface area (TPSA) is 92.4 Å². The summed E-state index contributed by atoms with van der Waals surface area (Å²) in [5.74, 6) is -0.426. The van der Waals surface area contributed by atoms with Crippen LogP contribution in [-0.2, 0) is 9.59 Å². The average Bonchev–Trinajstić information content (AvgIpc) is 2.52. The van der Waals surface area contributed by atoms with E-state index in [-0.39, 0.29) is 18.1 Å². The Kier molecular flexibility index (Phi) is 6.05. The lowest BCUT2D eigenvalue weighted by Crippen LogP contribution is -2.15. The minimum atomic E-state index is -0.861. The minimum absolute atomic E-state index is 0.0471. The van der Waals surface area contributed by atoms with Gasteiger partial charge in [0.15, 0.2) is 0 Å². The first kappa shape index (κ1) is 16.9. The number of hydrogen-bond acceptors (Lipinski definition) is 4. The van der Waals surface area contributed by atoms with E-state index in [4.69, 9.17) is 10.8 Å². The Labute approximate surface area is 138 Å². The fourth-order valence-corrected chi connectivity index (χ4v) is 2.77. The molecule has 0 aliphatic rings. The molecule has 0 atom stereocenters. The van der Waals surface area contributed by atoms with Crippen molar-refractivity contribution >= 4 is 35.0 Å². The van der Waals surface area contributed by atoms with Crippen LogP contribution >= 0.6 is 11.8 Å². The third-order valence-corrected chi connectivity index (χ3v) is 4.06. The van der Waals surface area contributed by atoms with E-state index in [1.54, 1.807) is 12.1 Å². The Morgan fingerprint density at radius 3 is 2.57 bits per heavy atom. The number of carbonyl (C=O) groups is 2. The van der Waals surface area contributed by atoms with Gasteiger partial charge in [-0.1, -0.05) is 36.4 Å². The Morgan fingerprint density at radius 1 is 1.13 bits per heavy atom. The zero-order chi connectivity index (χ0) is 16.7. The van der Waals surface area contributed by atoms with Gasteiger partial charge in [-0.15, -0.1) is 0 Å². The van der Waals surface area contributed by atoms with E-state index >= 15 is 0 Å². The molecule has 0 unspecified atom stereocenters. The lowest BCUT2D eigenvalue weighted by Gasteiger charge is -2.12. The van der Waals surface area contributed by atoms with Crippen molar-refractivity contribution in [1.29, 1.82) is 0 Å². The molecule has 5 nitrogen and oxygen atoms in total. The second-order valence-electron chi connectivity index (χ2n) is 4.92. The van der Waals surface area contributed by atoms with Gasteiger partial charge in [0.25, 0.3) is 0 Å². The van der Waals surface area contributed by atoms with Gasteiger partial charge in [-0.3, -0.25) is 9.59 Å². The number of thioether (sulfide) groups is 1. The maximum atomic E-state index is 12.0. The highest BCUT2D eigenvalue weighted by atomic mass is 32.2. The fraction of sp³-hybridized carbons (Fsp3) is 0.176. The summed E-state index contributed by atoms with van der Waals surface area (Å²) in [4.78, 5) is 22.5. The molecule has 0 aliphatic heterocycles. The lowest BCUT2D eigenvalue weighted by molar-refractivity contribution is -0.136. The van der Waals surface area contributed by atoms with Crippen LogP contribution in [-0.4, -0.2) is 28.5 Å². The van der Waals surface area contributed by atoms with Crippen LogP contribution in [0.3, 0.4) is 0 Å². The summed E-state index contributed by atoms with van der Waals surface area (Å²) in [6, 6.07) is 15.1. The van der Waals surface area contributed by atoms with Crippen molar-refractivity contribution in [3.8, 4) is 11.1 Å². The van der Waals surface area contributed by atoms with Crippen molar-refractivity contribution in [3.05, 3.63) is 48.5 Å². The van der Waals surface area contributed by atoms with E-state index in [2.05, 4.69) is 5.32 Å². The summed E-state index contributed by atoms with van der Waals surface area (Å²) in [6.07, 6.45) is 0.0471. The number of carboxylic acids is 1. The van der Waals surface area contributed by atoms with E-state index in [0.717, 1.165) is 11.1 Å². The van der Waals surface area contributed by atoms with Gasteiger partial charge < -0.3 is 16.2 Å². The molecule has 0 aliphatic carbocycles. The van der Waals surface area contributed by atoms with Crippen LogP contribution in [0.15, 0.2) is 48.5 Å². The number of amides is 1. The van der Waals surface area contributed by atoms with Crippen molar-refractivity contribution in [1.82, 2.24) is 0 Å². The van der Waals surface area contributed by atoms with Crippen LogP contribution in [0, 0.1) is 0 Å². The molecule has 0 fully saturated rings. The van der Waals surface area contributed by atoms with E-state index in [1.807, 2.05) is 36.4 Å². The molecular formula is C17H18N2O3S. The monoisotopic (exact) mass is 330 g/mol. The second kappa shape index (κ2) is 8.24. The first-order valence-electron chi connectivity index (χ1n) is 7.10. The molecule has 0 spiro atoms. The minimum Gasteiger partial charge on any atom is -0.481 e. The summed E-state index contributed by atoms with van der Waals surface area (Å²) in [6.45, 7) is 0. The molecule has 1 amide bonds. The van der Waals surface area contributed by atoms with Crippen LogP contribution in [0.4, 0.5) is 11.4 Å². The molecule has 120 valence electrons. The predicted octanol–water partition coefficient (Wildman–Crippen LogP) is 3.08. The summed E-state index contributed by atoms with van der Waals surface area (Å²) in [5.41, 5.74) is 8.91. The largest absolute Gasteiger partial charge is 0.481 e. The number of rotatable bonds is 7. The standard InChI is InChI=1S/C17H18N2O3S/c18-13-6-7-14(12-4-2-1-3-5-12)15(10-13)19-16(20)11-23-9-8-17(21)22/h1-7,10H,8-9,11,18H2,(H,19,20)(H,21,22). The van der Waals surface area contributed by atoms with Crippen molar-refractivity contribution in [2.24, 2.45) is 0 Å². The summed E-state index contributed by atoms with van der Waals surface area (Å²) in [7, 11) is 0. The van der Waals surface area contributed by atoms with Gasteiger partial charge in [0.05, 0.1) is 17.9 Å². The molecule has 0 saturated heterocycles. The third-order valence-electron chi connectivity index (χ3n) is 3.10. The molecule has 0 aromatic heterocycles. The van der Waals surface area contributed by atoms with Crippen LogP contribution < -0.4 is 11.1 Å². The third kappa shape index (κ3) is 5.34. The molecule has 2 aromatic carbocycles. The smallest absolute Gasteiger partial charge is 0.304 e. The van der Waals surface area contributed by atoms with Crippen LogP contribution in [0.2, 0.25) is 0 Å². The highest BCUT2D eigenvalue weighted by molar-refractivity contribution is 7.99. The molecule has 6 heteroatoms. The van der Waals surface area contributed by atoms with Gasteiger partial charge in [0.2, 0.25) is 5.91 Å². The zero-order valence-corrected chi connectivity index (χ0v) is 13.3. The summed E-state index contributed by atoms with van der Waals surface area (Å²) < 4.78 is 0. The van der Waals surface area contributed by atoms with E-state index in [9.17, 15) is 9.59 Å². The Bertz CT molecular complexity index is 689. The van der Waals surface area contributed by atoms with Gasteiger partial charge >= 0.3 is 5.97 Å². The number of carboxylic acid groups (broad SMARTS) is 1. The number of anilines is 2. The zero-order valence-electron chi connectivity index (χ0n) is 12.5. The number of hydrogen-bond donors (Lipinski definition) is 3. The van der Waals surface area contributed by atoms with Gasteiger partial charge in [0, 0.05) is 17.0 Å². The van der Waals surface area contributed by atoms with Gasteiger partial charge in [-0.2, -0.15) is 11.8 Å². The van der Waals surface area contributed by atoms with E-state index < -0.39 is 5.97 Å². The average molecular weight is 330 g/mol. The Morgan fingerprint density at radius 2 is 1.87 bits per heavy atom. The number of aliphatic carboxylic acids is 1. The van der Waals surface area contributed by atoms with Crippen LogP contribution in [0.1, 0.15) is 6.42 Å². The maximum absolute atomic E-state index is 12.0. The predicted molar refractivity (Wildman–Crippen MR) is 94.5 cm³/mol. The SMILES string of the molecule is Nc1ccc(-c2ccccc2)c(NC(=O)CSCCC(=O)O)c1. The summed E-state index contributed by atoms with van der Waals surface area (Å²) in [5, 5.41) is 11.4. The highest BCUT2D eigenvalue weighted by Crippen LogP contribution is 2.29. The summed E-state index contributed by atoms with van der Waals surface area (Å²) >= 11 is 1.29. The Balaban J connectivity index is 2.05. The van der Waals surface area contributed by atoms with Gasteiger partial charge in [-0.25, -0.2) is 0 Å². The molecule has 4 N–H and O–H groups in total. The first-order valence-corrected chi connectivity index (χ1v) is 8.26. The van der Waals surface area contributed by atoms with Crippen molar-refractivity contribution in [2.75, 3.05) is 22.6 Å². The van der Waals surface area contributed by atoms with Crippen molar-refractivity contribution in [3.63, 3.8) is 0 Å². The highest BCUT2D eigenvalue weighted by Gasteiger charge is 2.09. The van der Waals surface area contributed by atoms with Crippen molar-refractivity contribution < 1.29 is 14.7 Å². The van der Waals surface area contributed by atoms with E-state index in [1.165, 1.54) is 11.8 Å². The second-order valence-corrected chi connectivity index (χ2v) is 6.02. The lowest BCUT2D eigenvalue weighted by atomic mass is 10.0. The van der Waals surface area contributed by atoms with Crippen LogP contribution in [0.25, 0.3) is 11.1 Å². The van der Waals surface area contributed by atoms with Gasteiger partial charge in [0.1, 0.15) is 0 Å². The molecule has 0 heterocycles. The fourth-order valence-electron chi connectivity index (χ4n) is 2.05. The first-order chi connectivity index (χ1) is 11.1. The van der Waals surface area contributed by atoms with Gasteiger partial charge in [-0.05, 0) is 17.7 Å². The Hall–Kier alpha value is -2.47. The molecule has 0 radical (unpaired) electrons. The number of carbonyl (C=O) groups excluding carboxylic acids is 1. The number of benzene rings is 2. The number of nitrogens with two attached hydrogens (primary N) is 1. The number of nitrogens with one attached hydrogen (secondary N) is 1.